The lowest BCUT2D eigenvalue weighted by atomic mass is 10.1. The van der Waals surface area contributed by atoms with Gasteiger partial charge in [-0.1, -0.05) is 36.4 Å². The summed E-state index contributed by atoms with van der Waals surface area (Å²) in [5, 5.41) is 17.6. The van der Waals surface area contributed by atoms with Gasteiger partial charge < -0.3 is 0 Å². The third-order valence-electron chi connectivity index (χ3n) is 2.50. The molecule has 2 rings (SSSR count). The topological polar surface area (TPSA) is 47.6 Å². The van der Waals surface area contributed by atoms with Crippen LogP contribution in [-0.2, 0) is 0 Å². The Balaban J connectivity index is 2.25. The van der Waals surface area contributed by atoms with E-state index in [9.17, 15) is 0 Å². The molecule has 0 heterocycles. The molecule has 0 saturated heterocycles. The van der Waals surface area contributed by atoms with Crippen molar-refractivity contribution in [3.05, 3.63) is 70.8 Å². The number of benzene rings is 2. The number of nitriles is 2. The van der Waals surface area contributed by atoms with E-state index in [1.165, 1.54) is 0 Å². The van der Waals surface area contributed by atoms with Crippen molar-refractivity contribution in [3.8, 4) is 12.1 Å². The quantitative estimate of drug-likeness (QED) is 0.740. The summed E-state index contributed by atoms with van der Waals surface area (Å²) in [6, 6.07) is 19.0. The lowest BCUT2D eigenvalue weighted by Gasteiger charge is -1.96. The fraction of sp³-hybridized carbons (Fsp3) is 0. The molecule has 0 aliphatic rings. The van der Waals surface area contributed by atoms with Crippen LogP contribution in [0.5, 0.6) is 0 Å². The van der Waals surface area contributed by atoms with Gasteiger partial charge in [0.15, 0.2) is 0 Å². The van der Waals surface area contributed by atoms with Crippen molar-refractivity contribution in [2.75, 3.05) is 0 Å². The number of hydrogen-bond donors (Lipinski definition) is 0. The molecule has 2 aromatic carbocycles. The van der Waals surface area contributed by atoms with Crippen LogP contribution in [0.25, 0.3) is 12.2 Å². The van der Waals surface area contributed by atoms with E-state index in [-0.39, 0.29) is 0 Å². The fourth-order valence-corrected chi connectivity index (χ4v) is 1.62. The Morgan fingerprint density at radius 2 is 1.17 bits per heavy atom. The lowest BCUT2D eigenvalue weighted by Crippen LogP contribution is -1.78. The first-order chi connectivity index (χ1) is 8.81. The molecule has 0 N–H and O–H groups in total. The van der Waals surface area contributed by atoms with Gasteiger partial charge in [0.1, 0.15) is 0 Å². The molecule has 2 nitrogen and oxygen atoms in total. The SMILES string of the molecule is N#Cc1cccc(/C=C/c2cccc(C#N)c2)c1. The van der Waals surface area contributed by atoms with Crippen molar-refractivity contribution >= 4 is 12.2 Å². The minimum Gasteiger partial charge on any atom is -0.192 e. The van der Waals surface area contributed by atoms with Crippen molar-refractivity contribution in [2.24, 2.45) is 0 Å². The van der Waals surface area contributed by atoms with Crippen LogP contribution in [-0.4, -0.2) is 0 Å². The molecule has 0 fully saturated rings. The first-order valence-electron chi connectivity index (χ1n) is 5.50. The van der Waals surface area contributed by atoms with Crippen molar-refractivity contribution in [1.29, 1.82) is 10.5 Å². The van der Waals surface area contributed by atoms with Crippen LogP contribution in [0.2, 0.25) is 0 Å². The molecule has 2 heteroatoms. The molecule has 0 spiro atoms. The Kier molecular flexibility index (Phi) is 3.54. The molecule has 84 valence electrons. The predicted molar refractivity (Wildman–Crippen MR) is 71.2 cm³/mol. The molecular weight excluding hydrogens is 220 g/mol. The second-order valence-corrected chi connectivity index (χ2v) is 3.81. The highest BCUT2D eigenvalue weighted by Gasteiger charge is 1.93. The van der Waals surface area contributed by atoms with Gasteiger partial charge in [-0.3, -0.25) is 0 Å². The van der Waals surface area contributed by atoms with Gasteiger partial charge in [0, 0.05) is 0 Å². The highest BCUT2D eigenvalue weighted by atomic mass is 14.2. The third kappa shape index (κ3) is 2.84. The summed E-state index contributed by atoms with van der Waals surface area (Å²) in [6.07, 6.45) is 3.86. The van der Waals surface area contributed by atoms with E-state index >= 15 is 0 Å². The van der Waals surface area contributed by atoms with E-state index in [1.807, 2.05) is 48.6 Å². The Hall–Kier alpha value is -2.84. The van der Waals surface area contributed by atoms with Gasteiger partial charge in [-0.25, -0.2) is 0 Å². The molecule has 0 aromatic heterocycles. The molecule has 0 aliphatic heterocycles. The molecule has 18 heavy (non-hydrogen) atoms. The van der Waals surface area contributed by atoms with E-state index in [2.05, 4.69) is 12.1 Å². The normalized spacial score (nSPS) is 9.89. The summed E-state index contributed by atoms with van der Waals surface area (Å²) in [6.45, 7) is 0. The summed E-state index contributed by atoms with van der Waals surface area (Å²) < 4.78 is 0. The van der Waals surface area contributed by atoms with Crippen molar-refractivity contribution < 1.29 is 0 Å². The van der Waals surface area contributed by atoms with Crippen LogP contribution < -0.4 is 0 Å². The molecule has 0 amide bonds. The van der Waals surface area contributed by atoms with Gasteiger partial charge in [0.05, 0.1) is 23.3 Å². The summed E-state index contributed by atoms with van der Waals surface area (Å²) in [5.41, 5.74) is 3.22. The third-order valence-corrected chi connectivity index (χ3v) is 2.50. The maximum absolute atomic E-state index is 8.81. The molecule has 0 unspecified atom stereocenters. The maximum Gasteiger partial charge on any atom is 0.0991 e. The highest BCUT2D eigenvalue weighted by Crippen LogP contribution is 2.11. The zero-order chi connectivity index (χ0) is 12.8. The van der Waals surface area contributed by atoms with E-state index in [4.69, 9.17) is 10.5 Å². The summed E-state index contributed by atoms with van der Waals surface area (Å²) in [4.78, 5) is 0. The van der Waals surface area contributed by atoms with E-state index < -0.39 is 0 Å². The molecule has 0 aliphatic carbocycles. The Labute approximate surface area is 106 Å². The van der Waals surface area contributed by atoms with E-state index in [0.29, 0.717) is 11.1 Å². The highest BCUT2D eigenvalue weighted by molar-refractivity contribution is 5.70. The summed E-state index contributed by atoms with van der Waals surface area (Å²) >= 11 is 0. The zero-order valence-electron chi connectivity index (χ0n) is 9.67. The van der Waals surface area contributed by atoms with Crippen LogP contribution in [0.4, 0.5) is 0 Å². The average molecular weight is 230 g/mol. The standard InChI is InChI=1S/C16H10N2/c17-11-15-5-1-3-13(9-15)7-8-14-4-2-6-16(10-14)12-18/h1-10H/b8-7+. The van der Waals surface area contributed by atoms with Crippen LogP contribution in [0.1, 0.15) is 22.3 Å². The van der Waals surface area contributed by atoms with Gasteiger partial charge >= 0.3 is 0 Å². The van der Waals surface area contributed by atoms with Gasteiger partial charge in [0.25, 0.3) is 0 Å². The monoisotopic (exact) mass is 230 g/mol. The molecule has 0 bridgehead atoms. The Morgan fingerprint density at radius 3 is 1.56 bits per heavy atom. The van der Waals surface area contributed by atoms with Crippen LogP contribution >= 0.6 is 0 Å². The zero-order valence-corrected chi connectivity index (χ0v) is 9.67. The maximum atomic E-state index is 8.81. The van der Waals surface area contributed by atoms with Crippen LogP contribution in [0.3, 0.4) is 0 Å². The molecule has 0 atom stereocenters. The Morgan fingerprint density at radius 1 is 0.722 bits per heavy atom. The van der Waals surface area contributed by atoms with E-state index in [0.717, 1.165) is 11.1 Å². The molecule has 2 aromatic rings. The first kappa shape index (κ1) is 11.6. The summed E-state index contributed by atoms with van der Waals surface area (Å²) in [7, 11) is 0. The number of rotatable bonds is 2. The summed E-state index contributed by atoms with van der Waals surface area (Å²) in [5.74, 6) is 0. The van der Waals surface area contributed by atoms with E-state index in [1.54, 1.807) is 12.1 Å². The lowest BCUT2D eigenvalue weighted by molar-refractivity contribution is 1.48. The van der Waals surface area contributed by atoms with Crippen LogP contribution in [0, 0.1) is 22.7 Å². The average Bonchev–Trinajstić information content (AvgIpc) is 2.45. The molecule has 0 saturated carbocycles. The van der Waals surface area contributed by atoms with Gasteiger partial charge in [-0.2, -0.15) is 10.5 Å². The van der Waals surface area contributed by atoms with Gasteiger partial charge in [-0.05, 0) is 35.4 Å². The predicted octanol–water partition coefficient (Wildman–Crippen LogP) is 3.60. The molecule has 0 radical (unpaired) electrons. The molecular formula is C16H10N2. The van der Waals surface area contributed by atoms with Gasteiger partial charge in [-0.15, -0.1) is 0 Å². The Bertz CT molecular complexity index is 610. The van der Waals surface area contributed by atoms with Crippen molar-refractivity contribution in [2.45, 2.75) is 0 Å². The van der Waals surface area contributed by atoms with Crippen molar-refractivity contribution in [3.63, 3.8) is 0 Å². The minimum absolute atomic E-state index is 0.642. The second kappa shape index (κ2) is 5.48. The fourth-order valence-electron chi connectivity index (χ4n) is 1.62. The number of hydrogen-bond acceptors (Lipinski definition) is 2. The first-order valence-corrected chi connectivity index (χ1v) is 5.50. The van der Waals surface area contributed by atoms with Crippen molar-refractivity contribution in [1.82, 2.24) is 0 Å². The minimum atomic E-state index is 0.642. The largest absolute Gasteiger partial charge is 0.192 e. The smallest absolute Gasteiger partial charge is 0.0991 e. The van der Waals surface area contributed by atoms with Crippen LogP contribution in [0.15, 0.2) is 48.5 Å². The van der Waals surface area contributed by atoms with Gasteiger partial charge in [0.2, 0.25) is 0 Å². The number of nitrogens with zero attached hydrogens (tertiary/aromatic N) is 2. The second-order valence-electron chi connectivity index (χ2n) is 3.81.